The number of carbonyl (C=O) groups is 2. The maximum atomic E-state index is 12.1. The van der Waals surface area contributed by atoms with Crippen molar-refractivity contribution in [1.82, 2.24) is 10.2 Å². The van der Waals surface area contributed by atoms with E-state index in [0.717, 1.165) is 18.4 Å². The van der Waals surface area contributed by atoms with E-state index in [2.05, 4.69) is 5.32 Å². The van der Waals surface area contributed by atoms with Gasteiger partial charge < -0.3 is 20.4 Å². The molecule has 2 rings (SSSR count). The van der Waals surface area contributed by atoms with Crippen LogP contribution in [0.25, 0.3) is 0 Å². The van der Waals surface area contributed by atoms with E-state index in [1.807, 2.05) is 6.92 Å². The summed E-state index contributed by atoms with van der Waals surface area (Å²) in [6.45, 7) is 3.83. The van der Waals surface area contributed by atoms with E-state index < -0.39 is 5.97 Å². The lowest BCUT2D eigenvalue weighted by molar-refractivity contribution is 0.0695. The van der Waals surface area contributed by atoms with Crippen LogP contribution in [-0.2, 0) is 6.54 Å². The summed E-state index contributed by atoms with van der Waals surface area (Å²) >= 11 is 0. The molecule has 2 amide bonds. The molecule has 0 bridgehead atoms. The fourth-order valence-corrected chi connectivity index (χ4v) is 2.46. The highest BCUT2D eigenvalue weighted by molar-refractivity contribution is 5.87. The number of piperidine rings is 1. The molecule has 1 saturated heterocycles. The van der Waals surface area contributed by atoms with Crippen LogP contribution in [0.2, 0.25) is 0 Å². The summed E-state index contributed by atoms with van der Waals surface area (Å²) in [6, 6.07) is 6.32. The minimum atomic E-state index is -0.962. The molecule has 120 valence electrons. The number of carboxylic acid groups (broad SMARTS) is 1. The van der Waals surface area contributed by atoms with Crippen LogP contribution in [0.15, 0.2) is 24.3 Å². The molecule has 1 heterocycles. The van der Waals surface area contributed by atoms with E-state index in [4.69, 9.17) is 5.11 Å². The monoisotopic (exact) mass is 306 g/mol. The summed E-state index contributed by atoms with van der Waals surface area (Å²) in [5, 5.41) is 21.0. The van der Waals surface area contributed by atoms with Crippen LogP contribution >= 0.6 is 0 Å². The zero-order chi connectivity index (χ0) is 16.2. The quantitative estimate of drug-likeness (QED) is 0.789. The van der Waals surface area contributed by atoms with Gasteiger partial charge in [-0.25, -0.2) is 9.59 Å². The fourth-order valence-electron chi connectivity index (χ4n) is 2.46. The number of amides is 2. The zero-order valence-corrected chi connectivity index (χ0v) is 12.7. The van der Waals surface area contributed by atoms with Gasteiger partial charge >= 0.3 is 12.0 Å². The first kappa shape index (κ1) is 16.3. The largest absolute Gasteiger partial charge is 0.478 e. The van der Waals surface area contributed by atoms with Gasteiger partial charge in [0.2, 0.25) is 0 Å². The third-order valence-electron chi connectivity index (χ3n) is 4.28. The van der Waals surface area contributed by atoms with Crippen molar-refractivity contribution in [2.45, 2.75) is 26.3 Å². The summed E-state index contributed by atoms with van der Waals surface area (Å²) < 4.78 is 0. The van der Waals surface area contributed by atoms with Crippen molar-refractivity contribution in [3.8, 4) is 0 Å². The Hall–Kier alpha value is -2.08. The number of benzene rings is 1. The average Bonchev–Trinajstić information content (AvgIpc) is 2.53. The van der Waals surface area contributed by atoms with Gasteiger partial charge in [-0.1, -0.05) is 19.1 Å². The summed E-state index contributed by atoms with van der Waals surface area (Å²) in [5.74, 6) is -0.962. The van der Waals surface area contributed by atoms with Crippen molar-refractivity contribution in [2.75, 3.05) is 19.7 Å². The second-order valence-electron chi connectivity index (χ2n) is 6.12. The van der Waals surface area contributed by atoms with Gasteiger partial charge in [0.15, 0.2) is 0 Å². The molecule has 1 aromatic carbocycles. The molecule has 0 aromatic heterocycles. The number of carbonyl (C=O) groups excluding carboxylic acids is 1. The number of aromatic carboxylic acids is 1. The lowest BCUT2D eigenvalue weighted by Gasteiger charge is -2.38. The molecule has 6 heteroatoms. The first-order valence-corrected chi connectivity index (χ1v) is 7.39. The van der Waals surface area contributed by atoms with Crippen LogP contribution in [-0.4, -0.2) is 46.8 Å². The van der Waals surface area contributed by atoms with E-state index in [0.29, 0.717) is 19.6 Å². The maximum absolute atomic E-state index is 12.1. The Morgan fingerprint density at radius 2 is 1.82 bits per heavy atom. The second kappa shape index (κ2) is 6.79. The molecule has 0 unspecified atom stereocenters. The van der Waals surface area contributed by atoms with Crippen LogP contribution < -0.4 is 5.32 Å². The van der Waals surface area contributed by atoms with Crippen LogP contribution in [0.5, 0.6) is 0 Å². The molecular formula is C16H22N2O4. The van der Waals surface area contributed by atoms with Crippen molar-refractivity contribution in [1.29, 1.82) is 0 Å². The Kier molecular flexibility index (Phi) is 5.03. The number of urea groups is 1. The molecule has 0 atom stereocenters. The number of likely N-dealkylation sites (tertiary alicyclic amines) is 1. The van der Waals surface area contributed by atoms with Gasteiger partial charge in [0, 0.05) is 26.2 Å². The molecule has 22 heavy (non-hydrogen) atoms. The number of nitrogens with zero attached hydrogens (tertiary/aromatic N) is 1. The summed E-state index contributed by atoms with van der Waals surface area (Å²) in [5.41, 5.74) is 1.01. The van der Waals surface area contributed by atoms with Gasteiger partial charge in [-0.05, 0) is 36.0 Å². The van der Waals surface area contributed by atoms with Crippen LogP contribution in [0, 0.1) is 5.41 Å². The number of rotatable bonds is 4. The first-order chi connectivity index (χ1) is 10.4. The molecule has 3 N–H and O–H groups in total. The van der Waals surface area contributed by atoms with Gasteiger partial charge in [0.25, 0.3) is 0 Å². The predicted molar refractivity (Wildman–Crippen MR) is 81.6 cm³/mol. The third kappa shape index (κ3) is 3.98. The maximum Gasteiger partial charge on any atom is 0.335 e. The van der Waals surface area contributed by atoms with E-state index in [1.54, 1.807) is 17.0 Å². The second-order valence-corrected chi connectivity index (χ2v) is 6.12. The molecule has 1 aliphatic rings. The molecule has 0 saturated carbocycles. The van der Waals surface area contributed by atoms with Crippen LogP contribution in [0.3, 0.4) is 0 Å². The van der Waals surface area contributed by atoms with Gasteiger partial charge in [0.05, 0.1) is 5.56 Å². The first-order valence-electron chi connectivity index (χ1n) is 7.39. The lowest BCUT2D eigenvalue weighted by Crippen LogP contribution is -2.47. The van der Waals surface area contributed by atoms with Gasteiger partial charge in [-0.15, -0.1) is 0 Å². The Labute approximate surface area is 129 Å². The highest BCUT2D eigenvalue weighted by Crippen LogP contribution is 2.29. The smallest absolute Gasteiger partial charge is 0.335 e. The van der Waals surface area contributed by atoms with Crippen molar-refractivity contribution in [3.05, 3.63) is 35.4 Å². The summed E-state index contributed by atoms with van der Waals surface area (Å²) in [4.78, 5) is 24.6. The highest BCUT2D eigenvalue weighted by atomic mass is 16.4. The minimum Gasteiger partial charge on any atom is -0.478 e. The summed E-state index contributed by atoms with van der Waals surface area (Å²) in [7, 11) is 0. The Balaban J connectivity index is 1.82. The van der Waals surface area contributed by atoms with E-state index >= 15 is 0 Å². The number of hydrogen-bond donors (Lipinski definition) is 3. The molecule has 0 radical (unpaired) electrons. The molecule has 1 fully saturated rings. The van der Waals surface area contributed by atoms with Gasteiger partial charge in [-0.2, -0.15) is 0 Å². The lowest BCUT2D eigenvalue weighted by atomic mass is 9.81. The standard InChI is InChI=1S/C16H22N2O4/c1-16(11-19)6-8-18(9-7-16)15(22)17-10-12-2-4-13(5-3-12)14(20)21/h2-5,19H,6-11H2,1H3,(H,17,22)(H,20,21). The number of aliphatic hydroxyl groups excluding tert-OH is 1. The molecule has 1 aliphatic heterocycles. The minimum absolute atomic E-state index is 0.0799. The van der Waals surface area contributed by atoms with Crippen LogP contribution in [0.4, 0.5) is 4.79 Å². The van der Waals surface area contributed by atoms with Crippen molar-refractivity contribution in [2.24, 2.45) is 5.41 Å². The van der Waals surface area contributed by atoms with Gasteiger partial charge in [0.1, 0.15) is 0 Å². The predicted octanol–water partition coefficient (Wildman–Crippen LogP) is 1.69. The Morgan fingerprint density at radius 3 is 2.32 bits per heavy atom. The number of carboxylic acids is 1. The number of hydrogen-bond acceptors (Lipinski definition) is 3. The molecule has 0 spiro atoms. The Bertz CT molecular complexity index is 534. The average molecular weight is 306 g/mol. The van der Waals surface area contributed by atoms with Crippen LogP contribution in [0.1, 0.15) is 35.7 Å². The van der Waals surface area contributed by atoms with Gasteiger partial charge in [-0.3, -0.25) is 0 Å². The van der Waals surface area contributed by atoms with E-state index in [9.17, 15) is 14.7 Å². The fraction of sp³-hybridized carbons (Fsp3) is 0.500. The third-order valence-corrected chi connectivity index (χ3v) is 4.28. The topological polar surface area (TPSA) is 89.9 Å². The van der Waals surface area contributed by atoms with E-state index in [1.165, 1.54) is 12.1 Å². The molecule has 1 aromatic rings. The SMILES string of the molecule is CC1(CO)CCN(C(=O)NCc2ccc(C(=O)O)cc2)CC1. The zero-order valence-electron chi connectivity index (χ0n) is 12.7. The Morgan fingerprint density at radius 1 is 1.23 bits per heavy atom. The van der Waals surface area contributed by atoms with Crippen molar-refractivity contribution in [3.63, 3.8) is 0 Å². The highest BCUT2D eigenvalue weighted by Gasteiger charge is 2.31. The molecular weight excluding hydrogens is 284 g/mol. The van der Waals surface area contributed by atoms with Crippen molar-refractivity contribution < 1.29 is 19.8 Å². The number of nitrogens with one attached hydrogen (secondary N) is 1. The number of aliphatic hydroxyl groups is 1. The van der Waals surface area contributed by atoms with E-state index in [-0.39, 0.29) is 23.6 Å². The summed E-state index contributed by atoms with van der Waals surface area (Å²) in [6.07, 6.45) is 1.59. The van der Waals surface area contributed by atoms with Crippen molar-refractivity contribution >= 4 is 12.0 Å². The normalized spacial score (nSPS) is 17.1. The molecule has 0 aliphatic carbocycles. The molecule has 6 nitrogen and oxygen atoms in total.